The van der Waals surface area contributed by atoms with Crippen LogP contribution in [-0.2, 0) is 6.42 Å². The van der Waals surface area contributed by atoms with E-state index in [0.717, 1.165) is 6.54 Å². The molecule has 88 valence electrons. The molecule has 0 saturated carbocycles. The van der Waals surface area contributed by atoms with Gasteiger partial charge in [0.1, 0.15) is 0 Å². The Balaban J connectivity index is 2.19. The van der Waals surface area contributed by atoms with E-state index in [1.54, 1.807) is 11.1 Å². The van der Waals surface area contributed by atoms with Crippen LogP contribution in [0.15, 0.2) is 18.2 Å². The minimum absolute atomic E-state index is 0.605. The monoisotopic (exact) mass is 217 g/mol. The molecule has 1 aliphatic carbocycles. The Kier molecular flexibility index (Phi) is 3.65. The first kappa shape index (κ1) is 11.7. The van der Waals surface area contributed by atoms with Gasteiger partial charge in [-0.15, -0.1) is 0 Å². The lowest BCUT2D eigenvalue weighted by Crippen LogP contribution is -2.19. The molecule has 0 aliphatic heterocycles. The molecule has 0 bridgehead atoms. The van der Waals surface area contributed by atoms with E-state index in [4.69, 9.17) is 0 Å². The molecule has 2 rings (SSSR count). The largest absolute Gasteiger partial charge is 0.310 e. The summed E-state index contributed by atoms with van der Waals surface area (Å²) in [6.07, 6.45) is 3.74. The Morgan fingerprint density at radius 1 is 1.38 bits per heavy atom. The average molecular weight is 217 g/mol. The molecular formula is C15H23N. The fourth-order valence-corrected chi connectivity index (χ4v) is 2.51. The molecule has 1 aromatic rings. The van der Waals surface area contributed by atoms with Crippen molar-refractivity contribution in [3.63, 3.8) is 0 Å². The molecule has 16 heavy (non-hydrogen) atoms. The maximum atomic E-state index is 3.65. The predicted molar refractivity (Wildman–Crippen MR) is 69.9 cm³/mol. The molecule has 1 atom stereocenters. The number of aryl methyl sites for hydroxylation is 1. The van der Waals surface area contributed by atoms with E-state index in [0.29, 0.717) is 12.0 Å². The summed E-state index contributed by atoms with van der Waals surface area (Å²) in [5, 5.41) is 3.65. The molecular weight excluding hydrogens is 194 g/mol. The van der Waals surface area contributed by atoms with Crippen molar-refractivity contribution in [1.29, 1.82) is 0 Å². The molecule has 0 heterocycles. The summed E-state index contributed by atoms with van der Waals surface area (Å²) in [4.78, 5) is 0. The van der Waals surface area contributed by atoms with Crippen molar-refractivity contribution in [2.75, 3.05) is 6.54 Å². The number of rotatable bonds is 4. The molecule has 0 amide bonds. The lowest BCUT2D eigenvalue weighted by Gasteiger charge is -2.15. The minimum Gasteiger partial charge on any atom is -0.310 e. The zero-order valence-corrected chi connectivity index (χ0v) is 10.7. The van der Waals surface area contributed by atoms with Gasteiger partial charge in [-0.25, -0.2) is 0 Å². The molecule has 1 aromatic carbocycles. The molecule has 0 saturated heterocycles. The first-order chi connectivity index (χ1) is 7.72. The topological polar surface area (TPSA) is 12.0 Å². The molecule has 1 unspecified atom stereocenters. The lowest BCUT2D eigenvalue weighted by molar-refractivity contribution is 0.529. The Labute approximate surface area is 99.3 Å². The highest BCUT2D eigenvalue weighted by atomic mass is 14.9. The van der Waals surface area contributed by atoms with E-state index < -0.39 is 0 Å². The van der Waals surface area contributed by atoms with E-state index in [-0.39, 0.29) is 0 Å². The van der Waals surface area contributed by atoms with Gasteiger partial charge in [0, 0.05) is 6.04 Å². The predicted octanol–water partition coefficient (Wildman–Crippen LogP) is 3.80. The van der Waals surface area contributed by atoms with Gasteiger partial charge < -0.3 is 5.32 Å². The maximum absolute atomic E-state index is 3.65. The van der Waals surface area contributed by atoms with Crippen LogP contribution in [0.1, 0.15) is 62.3 Å². The molecule has 1 nitrogen and oxygen atoms in total. The Bertz CT molecular complexity index is 354. The van der Waals surface area contributed by atoms with Crippen molar-refractivity contribution in [3.8, 4) is 0 Å². The third kappa shape index (κ3) is 2.30. The number of benzene rings is 1. The van der Waals surface area contributed by atoms with Crippen molar-refractivity contribution in [3.05, 3.63) is 34.9 Å². The molecule has 0 spiro atoms. The highest BCUT2D eigenvalue weighted by Gasteiger charge is 2.22. The van der Waals surface area contributed by atoms with Gasteiger partial charge in [0.25, 0.3) is 0 Å². The van der Waals surface area contributed by atoms with Crippen LogP contribution < -0.4 is 5.32 Å². The highest BCUT2D eigenvalue weighted by molar-refractivity contribution is 5.39. The molecule has 0 radical (unpaired) electrons. The maximum Gasteiger partial charge on any atom is 0.0326 e. The van der Waals surface area contributed by atoms with Crippen molar-refractivity contribution in [2.24, 2.45) is 0 Å². The fourth-order valence-electron chi connectivity index (χ4n) is 2.51. The molecule has 0 fully saturated rings. The second-order valence-corrected chi connectivity index (χ2v) is 5.16. The van der Waals surface area contributed by atoms with Crippen molar-refractivity contribution < 1.29 is 0 Å². The van der Waals surface area contributed by atoms with Crippen LogP contribution in [0, 0.1) is 0 Å². The zero-order valence-electron chi connectivity index (χ0n) is 10.7. The molecule has 1 aliphatic rings. The number of nitrogens with one attached hydrogen (secondary N) is 1. The van der Waals surface area contributed by atoms with Crippen molar-refractivity contribution in [2.45, 2.75) is 52.0 Å². The zero-order chi connectivity index (χ0) is 11.5. The van der Waals surface area contributed by atoms with Crippen LogP contribution in [0.4, 0.5) is 0 Å². The second-order valence-electron chi connectivity index (χ2n) is 5.16. The summed E-state index contributed by atoms with van der Waals surface area (Å²) < 4.78 is 0. The minimum atomic E-state index is 0.605. The van der Waals surface area contributed by atoms with Crippen LogP contribution in [0.5, 0.6) is 0 Å². The first-order valence-corrected chi connectivity index (χ1v) is 6.58. The van der Waals surface area contributed by atoms with E-state index in [1.165, 1.54) is 24.8 Å². The van der Waals surface area contributed by atoms with Crippen LogP contribution in [0.25, 0.3) is 0 Å². The SMILES string of the molecule is CCCNC1CCc2ccc(C(C)C)cc21. The Morgan fingerprint density at radius 3 is 2.88 bits per heavy atom. The highest BCUT2D eigenvalue weighted by Crippen LogP contribution is 2.33. The van der Waals surface area contributed by atoms with Crippen molar-refractivity contribution in [1.82, 2.24) is 5.32 Å². The molecule has 0 aromatic heterocycles. The van der Waals surface area contributed by atoms with E-state index >= 15 is 0 Å². The van der Waals surface area contributed by atoms with Gasteiger partial charge in [-0.1, -0.05) is 39.0 Å². The number of fused-ring (bicyclic) bond motifs is 1. The summed E-state index contributed by atoms with van der Waals surface area (Å²) >= 11 is 0. The van der Waals surface area contributed by atoms with Gasteiger partial charge in [-0.3, -0.25) is 0 Å². The smallest absolute Gasteiger partial charge is 0.0326 e. The van der Waals surface area contributed by atoms with Gasteiger partial charge in [0.05, 0.1) is 0 Å². The van der Waals surface area contributed by atoms with Gasteiger partial charge in [0.2, 0.25) is 0 Å². The number of hydrogen-bond acceptors (Lipinski definition) is 1. The van der Waals surface area contributed by atoms with Crippen LogP contribution >= 0.6 is 0 Å². The quantitative estimate of drug-likeness (QED) is 0.809. The fraction of sp³-hybridized carbons (Fsp3) is 0.600. The third-order valence-corrected chi connectivity index (χ3v) is 3.56. The van der Waals surface area contributed by atoms with E-state index in [9.17, 15) is 0 Å². The van der Waals surface area contributed by atoms with Crippen molar-refractivity contribution >= 4 is 0 Å². The van der Waals surface area contributed by atoms with Crippen LogP contribution in [0.3, 0.4) is 0 Å². The van der Waals surface area contributed by atoms with Crippen LogP contribution in [0.2, 0.25) is 0 Å². The van der Waals surface area contributed by atoms with Crippen LogP contribution in [-0.4, -0.2) is 6.54 Å². The van der Waals surface area contributed by atoms with Gasteiger partial charge in [-0.05, 0) is 48.4 Å². The summed E-state index contributed by atoms with van der Waals surface area (Å²) in [6.45, 7) is 7.90. The average Bonchev–Trinajstić information content (AvgIpc) is 2.68. The lowest BCUT2D eigenvalue weighted by atomic mass is 9.97. The first-order valence-electron chi connectivity index (χ1n) is 6.58. The Hall–Kier alpha value is -0.820. The molecule has 1 heteroatoms. The van der Waals surface area contributed by atoms with E-state index in [2.05, 4.69) is 44.3 Å². The second kappa shape index (κ2) is 5.01. The van der Waals surface area contributed by atoms with Gasteiger partial charge in [0.15, 0.2) is 0 Å². The Morgan fingerprint density at radius 2 is 2.19 bits per heavy atom. The normalized spacial score (nSPS) is 19.1. The summed E-state index contributed by atoms with van der Waals surface area (Å²) in [5.41, 5.74) is 4.58. The van der Waals surface area contributed by atoms with Gasteiger partial charge >= 0.3 is 0 Å². The standard InChI is InChI=1S/C15H23N/c1-4-9-16-15-8-7-12-5-6-13(11(2)3)10-14(12)15/h5-6,10-11,15-16H,4,7-9H2,1-3H3. The molecule has 1 N–H and O–H groups in total. The summed E-state index contributed by atoms with van der Waals surface area (Å²) in [7, 11) is 0. The summed E-state index contributed by atoms with van der Waals surface area (Å²) in [5.74, 6) is 0.637. The van der Waals surface area contributed by atoms with Gasteiger partial charge in [-0.2, -0.15) is 0 Å². The number of hydrogen-bond donors (Lipinski definition) is 1. The van der Waals surface area contributed by atoms with E-state index in [1.807, 2.05) is 0 Å². The summed E-state index contributed by atoms with van der Waals surface area (Å²) in [6, 6.07) is 7.65. The third-order valence-electron chi connectivity index (χ3n) is 3.56.